The van der Waals surface area contributed by atoms with Gasteiger partial charge < -0.3 is 10.2 Å². The molecular weight excluding hydrogens is 310 g/mol. The highest BCUT2D eigenvalue weighted by atomic mass is 16.2. The summed E-state index contributed by atoms with van der Waals surface area (Å²) >= 11 is 0. The molecule has 3 rings (SSSR count). The van der Waals surface area contributed by atoms with E-state index >= 15 is 0 Å². The maximum absolute atomic E-state index is 12.7. The number of benzene rings is 1. The minimum Gasteiger partial charge on any atom is -0.355 e. The Morgan fingerprint density at radius 2 is 2.04 bits per heavy atom. The minimum atomic E-state index is 0.0380. The number of likely N-dealkylation sites (tertiary alicyclic amines) is 1. The van der Waals surface area contributed by atoms with E-state index in [4.69, 9.17) is 0 Å². The Morgan fingerprint density at radius 1 is 1.28 bits per heavy atom. The zero-order chi connectivity index (χ0) is 17.8. The van der Waals surface area contributed by atoms with Gasteiger partial charge in [-0.1, -0.05) is 32.0 Å². The molecule has 2 heterocycles. The number of anilines is 2. The third-order valence-corrected chi connectivity index (χ3v) is 5.06. The number of pyridine rings is 1. The summed E-state index contributed by atoms with van der Waals surface area (Å²) in [7, 11) is 0. The van der Waals surface area contributed by atoms with Crippen LogP contribution in [0.4, 0.5) is 11.4 Å². The van der Waals surface area contributed by atoms with Crippen LogP contribution in [0.25, 0.3) is 0 Å². The topological polar surface area (TPSA) is 45.2 Å². The van der Waals surface area contributed by atoms with Gasteiger partial charge in [0.15, 0.2) is 0 Å². The first-order chi connectivity index (χ1) is 12.1. The summed E-state index contributed by atoms with van der Waals surface area (Å²) in [4.78, 5) is 19.0. The van der Waals surface area contributed by atoms with Crippen molar-refractivity contribution in [1.29, 1.82) is 0 Å². The van der Waals surface area contributed by atoms with Crippen molar-refractivity contribution in [2.75, 3.05) is 18.4 Å². The maximum Gasteiger partial charge on any atom is 0.272 e. The molecule has 1 N–H and O–H groups in total. The SMILES string of the molecule is CCc1cccc(C)c1Nc1ccnc(C(=O)N2CCC(C)CC2)c1. The quantitative estimate of drug-likeness (QED) is 0.889. The molecule has 1 fully saturated rings. The molecule has 1 aromatic carbocycles. The fourth-order valence-corrected chi connectivity index (χ4v) is 3.35. The first kappa shape index (κ1) is 17.5. The highest BCUT2D eigenvalue weighted by Gasteiger charge is 2.22. The molecule has 1 aromatic heterocycles. The van der Waals surface area contributed by atoms with E-state index in [9.17, 15) is 4.79 Å². The zero-order valence-corrected chi connectivity index (χ0v) is 15.4. The van der Waals surface area contributed by atoms with Crippen molar-refractivity contribution >= 4 is 17.3 Å². The fourth-order valence-electron chi connectivity index (χ4n) is 3.35. The lowest BCUT2D eigenvalue weighted by atomic mass is 9.99. The number of rotatable bonds is 4. The van der Waals surface area contributed by atoms with Crippen LogP contribution in [0.2, 0.25) is 0 Å². The highest BCUT2D eigenvalue weighted by Crippen LogP contribution is 2.26. The molecule has 1 saturated heterocycles. The fraction of sp³-hybridized carbons (Fsp3) is 0.429. The molecule has 0 radical (unpaired) electrons. The van der Waals surface area contributed by atoms with Crippen molar-refractivity contribution in [3.05, 3.63) is 53.3 Å². The van der Waals surface area contributed by atoms with E-state index in [1.54, 1.807) is 6.20 Å². The van der Waals surface area contributed by atoms with Gasteiger partial charge in [0.25, 0.3) is 5.91 Å². The van der Waals surface area contributed by atoms with Gasteiger partial charge in [0.05, 0.1) is 0 Å². The molecule has 132 valence electrons. The first-order valence-electron chi connectivity index (χ1n) is 9.19. The van der Waals surface area contributed by atoms with Gasteiger partial charge in [0.2, 0.25) is 0 Å². The standard InChI is InChI=1S/C21H27N3O/c1-4-17-7-5-6-16(3)20(17)23-18-8-11-22-19(14-18)21(25)24-12-9-15(2)10-13-24/h5-8,11,14-15H,4,9-10,12-13H2,1-3H3,(H,22,23). The van der Waals surface area contributed by atoms with Gasteiger partial charge in [-0.25, -0.2) is 0 Å². The Kier molecular flexibility index (Phi) is 5.37. The van der Waals surface area contributed by atoms with E-state index in [1.807, 2.05) is 17.0 Å². The Labute approximate surface area is 150 Å². The molecule has 1 aliphatic rings. The number of aryl methyl sites for hydroxylation is 2. The van der Waals surface area contributed by atoms with Crippen LogP contribution in [-0.4, -0.2) is 28.9 Å². The van der Waals surface area contributed by atoms with E-state index in [0.29, 0.717) is 11.6 Å². The average Bonchev–Trinajstić information content (AvgIpc) is 2.63. The van der Waals surface area contributed by atoms with Crippen LogP contribution in [0.5, 0.6) is 0 Å². The van der Waals surface area contributed by atoms with Crippen LogP contribution in [0.1, 0.15) is 48.3 Å². The van der Waals surface area contributed by atoms with E-state index in [2.05, 4.69) is 49.3 Å². The molecule has 0 bridgehead atoms. The molecule has 0 spiro atoms. The molecular formula is C21H27N3O. The monoisotopic (exact) mass is 337 g/mol. The number of carbonyl (C=O) groups is 1. The molecule has 25 heavy (non-hydrogen) atoms. The summed E-state index contributed by atoms with van der Waals surface area (Å²) in [5.74, 6) is 0.745. The third-order valence-electron chi connectivity index (χ3n) is 5.06. The van der Waals surface area contributed by atoms with E-state index in [0.717, 1.165) is 43.7 Å². The molecule has 0 aliphatic carbocycles. The Balaban J connectivity index is 1.79. The number of piperidine rings is 1. The number of aromatic nitrogens is 1. The van der Waals surface area contributed by atoms with Crippen molar-refractivity contribution < 1.29 is 4.79 Å². The van der Waals surface area contributed by atoms with Crippen molar-refractivity contribution in [1.82, 2.24) is 9.88 Å². The molecule has 1 amide bonds. The Morgan fingerprint density at radius 3 is 2.76 bits per heavy atom. The van der Waals surface area contributed by atoms with Gasteiger partial charge in [0, 0.05) is 30.7 Å². The lowest BCUT2D eigenvalue weighted by Gasteiger charge is -2.30. The molecule has 0 unspecified atom stereocenters. The summed E-state index contributed by atoms with van der Waals surface area (Å²) in [6.45, 7) is 8.16. The number of carbonyl (C=O) groups excluding carboxylic acids is 1. The van der Waals surface area contributed by atoms with Crippen molar-refractivity contribution in [2.45, 2.75) is 40.0 Å². The predicted molar refractivity (Wildman–Crippen MR) is 102 cm³/mol. The zero-order valence-electron chi connectivity index (χ0n) is 15.4. The summed E-state index contributed by atoms with van der Waals surface area (Å²) in [6, 6.07) is 10.1. The van der Waals surface area contributed by atoms with Gasteiger partial charge in [-0.05, 0) is 55.4 Å². The number of nitrogens with one attached hydrogen (secondary N) is 1. The molecule has 0 saturated carbocycles. The van der Waals surface area contributed by atoms with Crippen molar-refractivity contribution in [3.8, 4) is 0 Å². The lowest BCUT2D eigenvalue weighted by Crippen LogP contribution is -2.38. The van der Waals surface area contributed by atoms with Crippen LogP contribution in [-0.2, 0) is 6.42 Å². The largest absolute Gasteiger partial charge is 0.355 e. The number of hydrogen-bond donors (Lipinski definition) is 1. The Bertz CT molecular complexity index is 749. The Hall–Kier alpha value is -2.36. The minimum absolute atomic E-state index is 0.0380. The van der Waals surface area contributed by atoms with Crippen LogP contribution in [0, 0.1) is 12.8 Å². The van der Waals surface area contributed by atoms with Gasteiger partial charge in [0.1, 0.15) is 5.69 Å². The smallest absolute Gasteiger partial charge is 0.272 e. The van der Waals surface area contributed by atoms with Crippen LogP contribution in [0.15, 0.2) is 36.5 Å². The highest BCUT2D eigenvalue weighted by molar-refractivity contribution is 5.93. The number of hydrogen-bond acceptors (Lipinski definition) is 3. The normalized spacial score (nSPS) is 15.2. The van der Waals surface area contributed by atoms with E-state index in [-0.39, 0.29) is 5.91 Å². The van der Waals surface area contributed by atoms with Gasteiger partial charge in [-0.2, -0.15) is 0 Å². The van der Waals surface area contributed by atoms with E-state index < -0.39 is 0 Å². The second-order valence-corrected chi connectivity index (χ2v) is 6.99. The first-order valence-corrected chi connectivity index (χ1v) is 9.19. The van der Waals surface area contributed by atoms with Crippen LogP contribution < -0.4 is 5.32 Å². The second-order valence-electron chi connectivity index (χ2n) is 6.99. The summed E-state index contributed by atoms with van der Waals surface area (Å²) in [5.41, 5.74) is 5.03. The molecule has 1 aliphatic heterocycles. The summed E-state index contributed by atoms with van der Waals surface area (Å²) < 4.78 is 0. The predicted octanol–water partition coefficient (Wildman–Crippen LogP) is 4.57. The third kappa shape index (κ3) is 4.01. The van der Waals surface area contributed by atoms with Gasteiger partial charge >= 0.3 is 0 Å². The number of nitrogens with zero attached hydrogens (tertiary/aromatic N) is 2. The van der Waals surface area contributed by atoms with Gasteiger partial charge in [-0.15, -0.1) is 0 Å². The van der Waals surface area contributed by atoms with Gasteiger partial charge in [-0.3, -0.25) is 9.78 Å². The lowest BCUT2D eigenvalue weighted by molar-refractivity contribution is 0.0691. The summed E-state index contributed by atoms with van der Waals surface area (Å²) in [5, 5.41) is 3.49. The molecule has 2 aromatic rings. The molecule has 4 nitrogen and oxygen atoms in total. The number of amides is 1. The average molecular weight is 337 g/mol. The maximum atomic E-state index is 12.7. The molecule has 0 atom stereocenters. The summed E-state index contributed by atoms with van der Waals surface area (Å²) in [6.07, 6.45) is 4.83. The van der Waals surface area contributed by atoms with Crippen LogP contribution in [0.3, 0.4) is 0 Å². The second kappa shape index (κ2) is 7.68. The van der Waals surface area contributed by atoms with Crippen molar-refractivity contribution in [3.63, 3.8) is 0 Å². The van der Waals surface area contributed by atoms with Crippen LogP contribution >= 0.6 is 0 Å². The molecule has 4 heteroatoms. The van der Waals surface area contributed by atoms with Crippen molar-refractivity contribution in [2.24, 2.45) is 5.92 Å². The number of para-hydroxylation sites is 1. The van der Waals surface area contributed by atoms with E-state index in [1.165, 1.54) is 11.1 Å².